The van der Waals surface area contributed by atoms with E-state index in [4.69, 9.17) is 4.74 Å². The lowest BCUT2D eigenvalue weighted by Gasteiger charge is -2.24. The molecule has 0 aromatic heterocycles. The normalized spacial score (nSPS) is 13.8. The molecule has 342 valence electrons. The van der Waals surface area contributed by atoms with Crippen LogP contribution in [0.25, 0.3) is 0 Å². The Kier molecular flexibility index (Phi) is 44.7. The quantitative estimate of drug-likeness (QED) is 0.0246. The predicted octanol–water partition coefficient (Wildman–Crippen LogP) is 14.8. The summed E-state index contributed by atoms with van der Waals surface area (Å²) in [6, 6.07) is -0.718. The maximum absolute atomic E-state index is 13.2. The van der Waals surface area contributed by atoms with Crippen molar-refractivity contribution in [2.45, 2.75) is 257 Å². The van der Waals surface area contributed by atoms with Gasteiger partial charge in [0, 0.05) is 6.42 Å². The fraction of sp³-hybridized carbons (Fsp3) is 0.774. The molecular formula is C53H95NO5. The van der Waals surface area contributed by atoms with Crippen molar-refractivity contribution in [3.8, 4) is 0 Å². The van der Waals surface area contributed by atoms with Crippen molar-refractivity contribution in [3.05, 3.63) is 60.8 Å². The Morgan fingerprint density at radius 2 is 0.949 bits per heavy atom. The SMILES string of the molecule is CC/C=C/C=C/C=C\C=C/CCCCCC(=O)OC(CCC/C=C\CCCCCCCCC)CC(=O)NC(CO)C(O)CCCCCCCCCCCCCCCCC. The van der Waals surface area contributed by atoms with Crippen molar-refractivity contribution in [2.24, 2.45) is 0 Å². The van der Waals surface area contributed by atoms with E-state index >= 15 is 0 Å². The number of allylic oxidation sites excluding steroid dienone is 10. The highest BCUT2D eigenvalue weighted by Gasteiger charge is 2.24. The van der Waals surface area contributed by atoms with Gasteiger partial charge in [-0.1, -0.05) is 223 Å². The third-order valence-electron chi connectivity index (χ3n) is 11.2. The molecule has 59 heavy (non-hydrogen) atoms. The Hall–Kier alpha value is -2.44. The summed E-state index contributed by atoms with van der Waals surface area (Å²) in [5.41, 5.74) is 0. The average molecular weight is 826 g/mol. The van der Waals surface area contributed by atoms with Crippen LogP contribution in [0.4, 0.5) is 0 Å². The molecule has 0 radical (unpaired) electrons. The molecule has 0 fully saturated rings. The summed E-state index contributed by atoms with van der Waals surface area (Å²) in [6.07, 6.45) is 57.1. The van der Waals surface area contributed by atoms with Gasteiger partial charge in [-0.15, -0.1) is 0 Å². The molecule has 1 amide bonds. The molecule has 0 spiro atoms. The van der Waals surface area contributed by atoms with Gasteiger partial charge in [-0.25, -0.2) is 0 Å². The molecule has 0 aromatic carbocycles. The number of rotatable bonds is 44. The lowest BCUT2D eigenvalue weighted by Crippen LogP contribution is -2.46. The number of amides is 1. The van der Waals surface area contributed by atoms with Crippen LogP contribution in [0.3, 0.4) is 0 Å². The predicted molar refractivity (Wildman–Crippen MR) is 255 cm³/mol. The van der Waals surface area contributed by atoms with E-state index in [0.717, 1.165) is 70.6 Å². The van der Waals surface area contributed by atoms with Crippen LogP contribution >= 0.6 is 0 Å². The number of carbonyl (C=O) groups excluding carboxylic acids is 2. The van der Waals surface area contributed by atoms with Crippen molar-refractivity contribution >= 4 is 11.9 Å². The van der Waals surface area contributed by atoms with Gasteiger partial charge in [-0.2, -0.15) is 0 Å². The fourth-order valence-corrected chi connectivity index (χ4v) is 7.38. The van der Waals surface area contributed by atoms with E-state index in [2.05, 4.69) is 56.5 Å². The van der Waals surface area contributed by atoms with Gasteiger partial charge in [0.25, 0.3) is 0 Å². The van der Waals surface area contributed by atoms with Gasteiger partial charge in [-0.3, -0.25) is 9.59 Å². The van der Waals surface area contributed by atoms with Gasteiger partial charge in [0.1, 0.15) is 6.10 Å². The third kappa shape index (κ3) is 42.1. The number of aliphatic hydroxyl groups is 2. The largest absolute Gasteiger partial charge is 0.462 e. The van der Waals surface area contributed by atoms with Gasteiger partial charge in [0.2, 0.25) is 5.91 Å². The average Bonchev–Trinajstić information content (AvgIpc) is 3.23. The number of esters is 1. The van der Waals surface area contributed by atoms with Gasteiger partial charge in [0.05, 0.1) is 25.2 Å². The molecule has 3 N–H and O–H groups in total. The van der Waals surface area contributed by atoms with Crippen molar-refractivity contribution in [2.75, 3.05) is 6.61 Å². The second kappa shape index (κ2) is 46.6. The van der Waals surface area contributed by atoms with Crippen LogP contribution in [0.15, 0.2) is 60.8 Å². The molecule has 0 bridgehead atoms. The summed E-state index contributed by atoms with van der Waals surface area (Å²) in [5, 5.41) is 23.7. The summed E-state index contributed by atoms with van der Waals surface area (Å²) < 4.78 is 5.88. The van der Waals surface area contributed by atoms with Crippen LogP contribution in [-0.2, 0) is 14.3 Å². The molecule has 0 saturated carbocycles. The Bertz CT molecular complexity index is 1060. The van der Waals surface area contributed by atoms with Crippen LogP contribution in [-0.4, -0.2) is 46.9 Å². The van der Waals surface area contributed by atoms with Crippen LogP contribution < -0.4 is 5.32 Å². The number of nitrogens with one attached hydrogen (secondary N) is 1. The maximum Gasteiger partial charge on any atom is 0.306 e. The minimum atomic E-state index is -0.802. The van der Waals surface area contributed by atoms with Crippen molar-refractivity contribution < 1.29 is 24.5 Å². The first kappa shape index (κ1) is 56.6. The summed E-state index contributed by atoms with van der Waals surface area (Å²) in [6.45, 7) is 6.32. The molecule has 3 atom stereocenters. The zero-order chi connectivity index (χ0) is 43.1. The van der Waals surface area contributed by atoms with E-state index in [1.807, 2.05) is 30.4 Å². The second-order valence-corrected chi connectivity index (χ2v) is 16.9. The number of carbonyl (C=O) groups is 2. The summed E-state index contributed by atoms with van der Waals surface area (Å²) in [4.78, 5) is 26.0. The molecule has 0 aliphatic carbocycles. The highest BCUT2D eigenvalue weighted by atomic mass is 16.5. The highest BCUT2D eigenvalue weighted by Crippen LogP contribution is 2.17. The zero-order valence-electron chi connectivity index (χ0n) is 38.9. The zero-order valence-corrected chi connectivity index (χ0v) is 38.9. The Morgan fingerprint density at radius 3 is 1.47 bits per heavy atom. The maximum atomic E-state index is 13.2. The minimum absolute atomic E-state index is 0.0397. The Balaban J connectivity index is 4.62. The van der Waals surface area contributed by atoms with Crippen molar-refractivity contribution in [1.82, 2.24) is 5.32 Å². The molecular weight excluding hydrogens is 731 g/mol. The Morgan fingerprint density at radius 1 is 0.508 bits per heavy atom. The van der Waals surface area contributed by atoms with Gasteiger partial charge in [0.15, 0.2) is 0 Å². The number of hydrogen-bond acceptors (Lipinski definition) is 5. The van der Waals surface area contributed by atoms with E-state index in [1.54, 1.807) is 0 Å². The van der Waals surface area contributed by atoms with E-state index in [1.165, 1.54) is 122 Å². The minimum Gasteiger partial charge on any atom is -0.462 e. The third-order valence-corrected chi connectivity index (χ3v) is 11.2. The van der Waals surface area contributed by atoms with Gasteiger partial charge < -0.3 is 20.3 Å². The summed E-state index contributed by atoms with van der Waals surface area (Å²) >= 11 is 0. The topological polar surface area (TPSA) is 95.9 Å². The van der Waals surface area contributed by atoms with Crippen LogP contribution in [0, 0.1) is 0 Å². The summed E-state index contributed by atoms with van der Waals surface area (Å²) in [7, 11) is 0. The number of hydrogen-bond donors (Lipinski definition) is 3. The van der Waals surface area contributed by atoms with Gasteiger partial charge in [-0.05, 0) is 64.2 Å². The standard InChI is InChI=1S/C53H95NO5/c1-4-7-10-13-16-19-22-25-26-28-30-33-36-39-42-45-51(56)50(48-55)54-52(57)47-49(44-41-38-35-32-29-24-21-18-15-12-9-6-3)59-53(58)46-43-40-37-34-31-27-23-20-17-14-11-8-5-2/h8,11,14,17,20,23,27,31-32,35,49-51,55-56H,4-7,9-10,12-13,15-16,18-19,21-22,24-26,28-30,33-34,36-48H2,1-3H3,(H,54,57)/b11-8+,17-14+,23-20-,31-27-,35-32-. The Labute approximate surface area is 365 Å². The lowest BCUT2D eigenvalue weighted by molar-refractivity contribution is -0.151. The van der Waals surface area contributed by atoms with Crippen LogP contribution in [0.5, 0.6) is 0 Å². The van der Waals surface area contributed by atoms with E-state index < -0.39 is 18.2 Å². The molecule has 0 aromatic rings. The van der Waals surface area contributed by atoms with Gasteiger partial charge >= 0.3 is 5.97 Å². The number of ether oxygens (including phenoxy) is 1. The molecule has 0 saturated heterocycles. The first-order chi connectivity index (χ1) is 29.0. The molecule has 0 rings (SSSR count). The molecule has 0 aliphatic rings. The van der Waals surface area contributed by atoms with E-state index in [0.29, 0.717) is 19.3 Å². The number of aliphatic hydroxyl groups excluding tert-OH is 2. The number of unbranched alkanes of at least 4 members (excludes halogenated alkanes) is 25. The molecule has 0 heterocycles. The monoisotopic (exact) mass is 826 g/mol. The highest BCUT2D eigenvalue weighted by molar-refractivity contribution is 5.77. The lowest BCUT2D eigenvalue weighted by atomic mass is 10.0. The van der Waals surface area contributed by atoms with Crippen LogP contribution in [0.1, 0.15) is 239 Å². The smallest absolute Gasteiger partial charge is 0.306 e. The van der Waals surface area contributed by atoms with Crippen molar-refractivity contribution in [3.63, 3.8) is 0 Å². The summed E-state index contributed by atoms with van der Waals surface area (Å²) in [5.74, 6) is -0.549. The molecule has 3 unspecified atom stereocenters. The molecule has 0 aliphatic heterocycles. The second-order valence-electron chi connectivity index (χ2n) is 16.9. The molecule has 6 heteroatoms. The first-order valence-electron chi connectivity index (χ1n) is 25.1. The van der Waals surface area contributed by atoms with Crippen molar-refractivity contribution in [1.29, 1.82) is 0 Å². The van der Waals surface area contributed by atoms with Crippen LogP contribution in [0.2, 0.25) is 0 Å². The molecule has 6 nitrogen and oxygen atoms in total. The van der Waals surface area contributed by atoms with E-state index in [-0.39, 0.29) is 24.9 Å². The van der Waals surface area contributed by atoms with E-state index in [9.17, 15) is 19.8 Å². The fourth-order valence-electron chi connectivity index (χ4n) is 7.38. The first-order valence-corrected chi connectivity index (χ1v) is 25.1.